The largest absolute Gasteiger partial charge is 0.573 e. The summed E-state index contributed by atoms with van der Waals surface area (Å²) < 4.78 is 39.7. The molecule has 0 saturated heterocycles. The van der Waals surface area contributed by atoms with Crippen LogP contribution in [0.25, 0.3) is 0 Å². The van der Waals surface area contributed by atoms with E-state index in [1.165, 1.54) is 12.1 Å². The Morgan fingerprint density at radius 3 is 2.28 bits per heavy atom. The summed E-state index contributed by atoms with van der Waals surface area (Å²) in [7, 11) is 1.96. The van der Waals surface area contributed by atoms with Gasteiger partial charge in [-0.15, -0.1) is 13.2 Å². The highest BCUT2D eigenvalue weighted by Crippen LogP contribution is 2.23. The average Bonchev–Trinajstić information content (AvgIpc) is 2.28. The van der Waals surface area contributed by atoms with Gasteiger partial charge in [0.25, 0.3) is 0 Å². The second-order valence-corrected chi connectivity index (χ2v) is 4.76. The molecule has 0 fully saturated rings. The van der Waals surface area contributed by atoms with Crippen LogP contribution in [0.1, 0.15) is 12.5 Å². The summed E-state index contributed by atoms with van der Waals surface area (Å²) in [4.78, 5) is 2.11. The molecule has 102 valence electrons. The number of halogens is 4. The molecule has 0 spiro atoms. The topological polar surface area (TPSA) is 12.5 Å². The molecular formula is C12H15BrF3NO. The molecule has 0 N–H and O–H groups in total. The minimum Gasteiger partial charge on any atom is -0.406 e. The Bertz CT molecular complexity index is 367. The van der Waals surface area contributed by atoms with Gasteiger partial charge in [0.15, 0.2) is 0 Å². The smallest absolute Gasteiger partial charge is 0.406 e. The Kier molecular flexibility index (Phi) is 5.47. The van der Waals surface area contributed by atoms with Gasteiger partial charge in [-0.3, -0.25) is 4.90 Å². The van der Waals surface area contributed by atoms with E-state index in [0.717, 1.165) is 10.9 Å². The Hall–Kier alpha value is -0.750. The Morgan fingerprint density at radius 1 is 1.28 bits per heavy atom. The van der Waals surface area contributed by atoms with Crippen molar-refractivity contribution >= 4 is 15.9 Å². The molecule has 0 bridgehead atoms. The van der Waals surface area contributed by atoms with Gasteiger partial charge in [0.1, 0.15) is 5.75 Å². The van der Waals surface area contributed by atoms with Crippen molar-refractivity contribution in [2.75, 3.05) is 12.4 Å². The Labute approximate surface area is 113 Å². The predicted molar refractivity (Wildman–Crippen MR) is 67.8 cm³/mol. The van der Waals surface area contributed by atoms with E-state index in [1.54, 1.807) is 12.1 Å². The lowest BCUT2D eigenvalue weighted by Crippen LogP contribution is -2.29. The lowest BCUT2D eigenvalue weighted by Gasteiger charge is -2.22. The van der Waals surface area contributed by atoms with Crippen molar-refractivity contribution in [2.45, 2.75) is 25.9 Å². The fraction of sp³-hybridized carbons (Fsp3) is 0.500. The summed E-state index contributed by atoms with van der Waals surface area (Å²) in [5.74, 6) is -0.192. The van der Waals surface area contributed by atoms with Crippen molar-refractivity contribution in [1.82, 2.24) is 4.90 Å². The first kappa shape index (κ1) is 15.3. The SMILES string of the molecule is CC(CBr)N(C)Cc1ccc(OC(F)(F)F)cc1. The standard InChI is InChI=1S/C12H15BrF3NO/c1-9(7-13)17(2)8-10-3-5-11(6-4-10)18-12(14,15)16/h3-6,9H,7-8H2,1-2H3. The third-order valence-corrected chi connectivity index (χ3v) is 3.50. The summed E-state index contributed by atoms with van der Waals surface area (Å²) in [6, 6.07) is 6.29. The minimum absolute atomic E-state index is 0.192. The van der Waals surface area contributed by atoms with Gasteiger partial charge in [-0.2, -0.15) is 0 Å². The molecule has 1 atom stereocenters. The third-order valence-electron chi connectivity index (χ3n) is 2.56. The maximum Gasteiger partial charge on any atom is 0.573 e. The number of benzene rings is 1. The first-order chi connectivity index (χ1) is 8.31. The lowest BCUT2D eigenvalue weighted by atomic mass is 10.2. The third kappa shape index (κ3) is 5.27. The minimum atomic E-state index is -4.64. The highest BCUT2D eigenvalue weighted by Gasteiger charge is 2.30. The molecule has 0 aliphatic carbocycles. The summed E-state index contributed by atoms with van der Waals surface area (Å²) in [5.41, 5.74) is 0.944. The molecule has 1 rings (SSSR count). The predicted octanol–water partition coefficient (Wildman–Crippen LogP) is 3.80. The van der Waals surface area contributed by atoms with Crippen molar-refractivity contribution < 1.29 is 17.9 Å². The van der Waals surface area contributed by atoms with Gasteiger partial charge in [-0.1, -0.05) is 28.1 Å². The number of ether oxygens (including phenoxy) is 1. The van der Waals surface area contributed by atoms with Gasteiger partial charge in [-0.05, 0) is 31.7 Å². The van der Waals surface area contributed by atoms with Gasteiger partial charge in [0.05, 0.1) is 0 Å². The maximum absolute atomic E-state index is 12.0. The van der Waals surface area contributed by atoms with Gasteiger partial charge < -0.3 is 4.74 Å². The van der Waals surface area contributed by atoms with E-state index in [-0.39, 0.29) is 5.75 Å². The van der Waals surface area contributed by atoms with Crippen LogP contribution in [-0.2, 0) is 6.54 Å². The van der Waals surface area contributed by atoms with Crippen LogP contribution in [0.3, 0.4) is 0 Å². The zero-order valence-electron chi connectivity index (χ0n) is 10.2. The van der Waals surface area contributed by atoms with Crippen LogP contribution in [-0.4, -0.2) is 29.7 Å². The number of alkyl halides is 4. The lowest BCUT2D eigenvalue weighted by molar-refractivity contribution is -0.274. The normalized spacial score (nSPS) is 13.7. The zero-order valence-corrected chi connectivity index (χ0v) is 11.8. The summed E-state index contributed by atoms with van der Waals surface area (Å²) in [5, 5.41) is 0.846. The van der Waals surface area contributed by atoms with Gasteiger partial charge >= 0.3 is 6.36 Å². The molecular weight excluding hydrogens is 311 g/mol. The Balaban J connectivity index is 2.60. The van der Waals surface area contributed by atoms with Gasteiger partial charge in [0, 0.05) is 17.9 Å². The van der Waals surface area contributed by atoms with E-state index in [2.05, 4.69) is 32.5 Å². The fourth-order valence-corrected chi connectivity index (χ4v) is 1.85. The quantitative estimate of drug-likeness (QED) is 0.763. The van der Waals surface area contributed by atoms with E-state index >= 15 is 0 Å². The molecule has 0 aliphatic heterocycles. The average molecular weight is 326 g/mol. The molecule has 6 heteroatoms. The number of nitrogens with zero attached hydrogens (tertiary/aromatic N) is 1. The molecule has 1 unspecified atom stereocenters. The highest BCUT2D eigenvalue weighted by atomic mass is 79.9. The number of rotatable bonds is 5. The van der Waals surface area contributed by atoms with E-state index in [4.69, 9.17) is 0 Å². The van der Waals surface area contributed by atoms with Crippen LogP contribution in [0.4, 0.5) is 13.2 Å². The van der Waals surface area contributed by atoms with Crippen LogP contribution in [0, 0.1) is 0 Å². The second kappa shape index (κ2) is 6.43. The number of hydrogen-bond acceptors (Lipinski definition) is 2. The van der Waals surface area contributed by atoms with Crippen molar-refractivity contribution in [3.8, 4) is 5.75 Å². The van der Waals surface area contributed by atoms with Crippen LogP contribution < -0.4 is 4.74 Å². The summed E-state index contributed by atoms with van der Waals surface area (Å²) in [6.07, 6.45) is -4.64. The molecule has 0 amide bonds. The van der Waals surface area contributed by atoms with E-state index < -0.39 is 6.36 Å². The van der Waals surface area contributed by atoms with E-state index in [9.17, 15) is 13.2 Å². The van der Waals surface area contributed by atoms with Gasteiger partial charge in [-0.25, -0.2) is 0 Å². The van der Waals surface area contributed by atoms with Crippen LogP contribution in [0.15, 0.2) is 24.3 Å². The second-order valence-electron chi connectivity index (χ2n) is 4.11. The fourth-order valence-electron chi connectivity index (χ4n) is 1.36. The maximum atomic E-state index is 12.0. The molecule has 0 aromatic heterocycles. The monoisotopic (exact) mass is 325 g/mol. The van der Waals surface area contributed by atoms with Crippen molar-refractivity contribution in [1.29, 1.82) is 0 Å². The highest BCUT2D eigenvalue weighted by molar-refractivity contribution is 9.09. The van der Waals surface area contributed by atoms with E-state index in [1.807, 2.05) is 7.05 Å². The van der Waals surface area contributed by atoms with E-state index in [0.29, 0.717) is 12.6 Å². The van der Waals surface area contributed by atoms with Crippen LogP contribution in [0.2, 0.25) is 0 Å². The molecule has 0 saturated carbocycles. The van der Waals surface area contributed by atoms with Gasteiger partial charge in [0.2, 0.25) is 0 Å². The Morgan fingerprint density at radius 2 is 1.83 bits per heavy atom. The van der Waals surface area contributed by atoms with Crippen molar-refractivity contribution in [2.24, 2.45) is 0 Å². The molecule has 2 nitrogen and oxygen atoms in total. The zero-order chi connectivity index (χ0) is 13.8. The van der Waals surface area contributed by atoms with Crippen molar-refractivity contribution in [3.63, 3.8) is 0 Å². The molecule has 18 heavy (non-hydrogen) atoms. The molecule has 1 aromatic rings. The van der Waals surface area contributed by atoms with Crippen molar-refractivity contribution in [3.05, 3.63) is 29.8 Å². The first-order valence-electron chi connectivity index (χ1n) is 5.42. The summed E-state index contributed by atoms with van der Waals surface area (Å²) >= 11 is 3.39. The molecule has 0 radical (unpaired) electrons. The van der Waals surface area contributed by atoms with Crippen LogP contribution >= 0.6 is 15.9 Å². The molecule has 0 aliphatic rings. The first-order valence-corrected chi connectivity index (χ1v) is 6.55. The molecule has 0 heterocycles. The number of hydrogen-bond donors (Lipinski definition) is 0. The summed E-state index contributed by atoms with van der Waals surface area (Å²) in [6.45, 7) is 2.74. The molecule has 1 aromatic carbocycles. The van der Waals surface area contributed by atoms with Crippen LogP contribution in [0.5, 0.6) is 5.75 Å².